The molecular formula is C35H37N3O4S. The quantitative estimate of drug-likeness (QED) is 0.191. The Morgan fingerprint density at radius 1 is 1.07 bits per heavy atom. The lowest BCUT2D eigenvalue weighted by Gasteiger charge is -2.36. The summed E-state index contributed by atoms with van der Waals surface area (Å²) in [4.78, 5) is 31.7. The van der Waals surface area contributed by atoms with E-state index in [0.717, 1.165) is 58.2 Å². The molecule has 2 atom stereocenters. The Balaban J connectivity index is 1.54. The number of carbonyl (C=O) groups is 1. The van der Waals surface area contributed by atoms with E-state index in [1.165, 1.54) is 0 Å². The molecule has 1 aliphatic carbocycles. The van der Waals surface area contributed by atoms with Crippen molar-refractivity contribution in [3.8, 4) is 17.2 Å². The maximum atomic E-state index is 11.3. The molecule has 222 valence electrons. The molecule has 7 nitrogen and oxygen atoms in total. The number of rotatable bonds is 9. The van der Waals surface area contributed by atoms with Crippen molar-refractivity contribution < 1.29 is 19.7 Å². The van der Waals surface area contributed by atoms with Crippen LogP contribution in [0.15, 0.2) is 76.9 Å². The van der Waals surface area contributed by atoms with Gasteiger partial charge in [0, 0.05) is 28.1 Å². The standard InChI is InChI=1S/C35H37N3O4S/c1-21-15-22(2)34(23(3)16-21)42-41-19-28-24(4)37-29(33(28)26-13-9-6-10-14-26)17-30-32(25-11-7-5-8-12-25)27(18-36)35(38-30)43-20-31(39)40/h5-14,17,21-23,34,37H,15-16,19-20H2,1-4H3,(H,39,40). The molecular weight excluding hydrogens is 558 g/mol. The number of nitrogens with one attached hydrogen (secondary N) is 1. The average Bonchev–Trinajstić information content (AvgIpc) is 3.49. The van der Waals surface area contributed by atoms with Gasteiger partial charge in [0.1, 0.15) is 17.7 Å². The fourth-order valence-electron chi connectivity index (χ4n) is 6.40. The number of carboxylic acid groups (broad SMARTS) is 1. The predicted octanol–water partition coefficient (Wildman–Crippen LogP) is 8.06. The van der Waals surface area contributed by atoms with Crippen molar-refractivity contribution in [2.75, 3.05) is 5.75 Å². The van der Waals surface area contributed by atoms with Crippen LogP contribution in [0.3, 0.4) is 0 Å². The van der Waals surface area contributed by atoms with Gasteiger partial charge in [-0.25, -0.2) is 14.8 Å². The highest BCUT2D eigenvalue weighted by atomic mass is 32.2. The van der Waals surface area contributed by atoms with Crippen molar-refractivity contribution in [1.29, 1.82) is 5.26 Å². The van der Waals surface area contributed by atoms with Crippen LogP contribution >= 0.6 is 11.8 Å². The number of aromatic nitrogens is 1. The summed E-state index contributed by atoms with van der Waals surface area (Å²) in [6.45, 7) is 9.06. The Kier molecular flexibility index (Phi) is 9.66. The third kappa shape index (κ3) is 6.86. The molecule has 1 saturated carbocycles. The van der Waals surface area contributed by atoms with Gasteiger partial charge in [0.25, 0.3) is 0 Å². The summed E-state index contributed by atoms with van der Waals surface area (Å²) in [6.07, 6.45) is 4.25. The number of aliphatic carboxylic acids is 1. The second-order valence-electron chi connectivity index (χ2n) is 11.6. The van der Waals surface area contributed by atoms with Gasteiger partial charge in [0.15, 0.2) is 0 Å². The lowest BCUT2D eigenvalue weighted by molar-refractivity contribution is -0.354. The molecule has 2 aliphatic rings. The molecule has 43 heavy (non-hydrogen) atoms. The number of aryl methyl sites for hydroxylation is 1. The summed E-state index contributed by atoms with van der Waals surface area (Å²) >= 11 is 1.05. The first-order chi connectivity index (χ1) is 20.8. The molecule has 1 fully saturated rings. The van der Waals surface area contributed by atoms with E-state index in [-0.39, 0.29) is 18.5 Å². The Bertz CT molecular complexity index is 1590. The fraction of sp³-hybridized carbons (Fsp3) is 0.343. The number of hydrogen-bond acceptors (Lipinski definition) is 6. The summed E-state index contributed by atoms with van der Waals surface area (Å²) < 4.78 is 0. The Hall–Kier alpha value is -3.90. The maximum absolute atomic E-state index is 11.3. The van der Waals surface area contributed by atoms with Crippen LogP contribution in [0, 0.1) is 36.0 Å². The van der Waals surface area contributed by atoms with Crippen molar-refractivity contribution in [3.63, 3.8) is 0 Å². The van der Waals surface area contributed by atoms with Crippen LogP contribution in [0.1, 0.15) is 56.1 Å². The monoisotopic (exact) mass is 595 g/mol. The first kappa shape index (κ1) is 30.6. The molecule has 0 amide bonds. The van der Waals surface area contributed by atoms with Crippen molar-refractivity contribution in [2.24, 2.45) is 22.7 Å². The van der Waals surface area contributed by atoms with E-state index in [2.05, 4.69) is 44.0 Å². The van der Waals surface area contributed by atoms with Gasteiger partial charge in [-0.2, -0.15) is 5.26 Å². The number of nitrogens with zero attached hydrogens (tertiary/aromatic N) is 2. The van der Waals surface area contributed by atoms with Crippen LogP contribution in [0.2, 0.25) is 0 Å². The number of hydrogen-bond donors (Lipinski definition) is 2. The zero-order chi connectivity index (χ0) is 30.5. The molecule has 8 heteroatoms. The predicted molar refractivity (Wildman–Crippen MR) is 172 cm³/mol. The van der Waals surface area contributed by atoms with E-state index in [1.54, 1.807) is 0 Å². The topological polar surface area (TPSA) is 108 Å². The Morgan fingerprint density at radius 2 is 1.70 bits per heavy atom. The number of aliphatic imine (C=N–C) groups is 1. The molecule has 1 aromatic heterocycles. The highest BCUT2D eigenvalue weighted by Crippen LogP contribution is 2.41. The van der Waals surface area contributed by atoms with E-state index in [9.17, 15) is 15.2 Å². The van der Waals surface area contributed by atoms with Gasteiger partial charge < -0.3 is 10.1 Å². The van der Waals surface area contributed by atoms with Crippen molar-refractivity contribution in [2.45, 2.75) is 53.2 Å². The van der Waals surface area contributed by atoms with Gasteiger partial charge in [-0.1, -0.05) is 93.2 Å². The first-order valence-electron chi connectivity index (χ1n) is 14.7. The summed E-state index contributed by atoms with van der Waals surface area (Å²) in [5.74, 6) is 0.384. The molecule has 0 spiro atoms. The van der Waals surface area contributed by atoms with Gasteiger partial charge in [-0.05, 0) is 54.7 Å². The lowest BCUT2D eigenvalue weighted by atomic mass is 9.75. The first-order valence-corrected chi connectivity index (χ1v) is 15.7. The number of benzene rings is 2. The smallest absolute Gasteiger partial charge is 0.313 e. The van der Waals surface area contributed by atoms with Crippen LogP contribution in [-0.4, -0.2) is 33.0 Å². The van der Waals surface area contributed by atoms with E-state index in [0.29, 0.717) is 39.6 Å². The fourth-order valence-corrected chi connectivity index (χ4v) is 7.12. The van der Waals surface area contributed by atoms with Crippen LogP contribution in [-0.2, 0) is 21.2 Å². The zero-order valence-corrected chi connectivity index (χ0v) is 25.8. The van der Waals surface area contributed by atoms with Gasteiger partial charge in [-0.15, -0.1) is 0 Å². The highest BCUT2D eigenvalue weighted by Gasteiger charge is 2.33. The van der Waals surface area contributed by atoms with Crippen LogP contribution in [0.4, 0.5) is 0 Å². The molecule has 2 aromatic carbocycles. The Morgan fingerprint density at radius 3 is 2.30 bits per heavy atom. The lowest BCUT2D eigenvalue weighted by Crippen LogP contribution is -2.35. The number of allylic oxidation sites excluding steroid dienone is 1. The molecule has 2 heterocycles. The maximum Gasteiger partial charge on any atom is 0.313 e. The normalized spacial score (nSPS) is 23.0. The molecule has 2 unspecified atom stereocenters. The SMILES string of the molecule is Cc1[nH]c(C=C2N=C(SCC(=O)O)C(C#N)=C2c2ccccc2)c(-c2ccccc2)c1COOC1C(C)CC(C)CC1C. The molecule has 2 N–H and O–H groups in total. The van der Waals surface area contributed by atoms with Crippen molar-refractivity contribution in [1.82, 2.24) is 4.98 Å². The summed E-state index contributed by atoms with van der Waals surface area (Å²) in [7, 11) is 0. The molecule has 5 rings (SSSR count). The minimum atomic E-state index is -0.964. The number of thioether (sulfide) groups is 1. The van der Waals surface area contributed by atoms with Crippen molar-refractivity contribution in [3.05, 3.63) is 94.4 Å². The van der Waals surface area contributed by atoms with Gasteiger partial charge in [0.05, 0.1) is 23.1 Å². The van der Waals surface area contributed by atoms with E-state index in [1.807, 2.05) is 61.5 Å². The van der Waals surface area contributed by atoms with Gasteiger partial charge in [0.2, 0.25) is 0 Å². The second kappa shape index (κ2) is 13.6. The Labute approximate surface area is 257 Å². The number of aromatic amines is 1. The van der Waals surface area contributed by atoms with Crippen LogP contribution in [0.25, 0.3) is 22.8 Å². The molecule has 0 saturated heterocycles. The highest BCUT2D eigenvalue weighted by molar-refractivity contribution is 8.15. The summed E-state index contributed by atoms with van der Waals surface area (Å²) in [5.41, 5.74) is 7.22. The largest absolute Gasteiger partial charge is 0.481 e. The third-order valence-corrected chi connectivity index (χ3v) is 9.15. The van der Waals surface area contributed by atoms with Crippen molar-refractivity contribution >= 4 is 34.4 Å². The molecule has 1 aliphatic heterocycles. The van der Waals surface area contributed by atoms with E-state index < -0.39 is 5.97 Å². The zero-order valence-electron chi connectivity index (χ0n) is 25.0. The third-order valence-electron chi connectivity index (χ3n) is 8.19. The number of H-pyrrole nitrogens is 1. The molecule has 0 bridgehead atoms. The average molecular weight is 596 g/mol. The van der Waals surface area contributed by atoms with E-state index in [4.69, 9.17) is 14.8 Å². The second-order valence-corrected chi connectivity index (χ2v) is 12.6. The minimum Gasteiger partial charge on any atom is -0.481 e. The number of nitriles is 1. The molecule has 0 radical (unpaired) electrons. The summed E-state index contributed by atoms with van der Waals surface area (Å²) in [5, 5.41) is 19.8. The number of carboxylic acids is 1. The van der Waals surface area contributed by atoms with Gasteiger partial charge in [-0.3, -0.25) is 4.79 Å². The van der Waals surface area contributed by atoms with Crippen LogP contribution in [0.5, 0.6) is 0 Å². The molecule has 3 aromatic rings. The summed E-state index contributed by atoms with van der Waals surface area (Å²) in [6, 6.07) is 22.0. The van der Waals surface area contributed by atoms with Crippen LogP contribution < -0.4 is 0 Å². The van der Waals surface area contributed by atoms with Gasteiger partial charge >= 0.3 is 5.97 Å². The van der Waals surface area contributed by atoms with E-state index >= 15 is 0 Å². The minimum absolute atomic E-state index is 0.0507.